The molecule has 0 spiro atoms. The number of unbranched alkanes of at least 4 members (excludes halogenated alkanes) is 2. The fourth-order valence-corrected chi connectivity index (χ4v) is 2.67. The molecule has 7 heteroatoms. The average Bonchev–Trinajstić information content (AvgIpc) is 2.70. The molecule has 0 bridgehead atoms. The highest BCUT2D eigenvalue weighted by atomic mass is 16.5. The molecule has 1 heterocycles. The molecule has 29 heavy (non-hydrogen) atoms. The number of hydrogen-bond donors (Lipinski definition) is 1. The number of nitrogens with zero attached hydrogens (tertiary/aromatic N) is 4. The lowest BCUT2D eigenvalue weighted by molar-refractivity contribution is 0.230. The topological polar surface area (TPSA) is 70.6 Å². The lowest BCUT2D eigenvalue weighted by atomic mass is 10.2. The minimum Gasteiger partial charge on any atom is -0.438 e. The molecule has 0 atom stereocenters. The number of amides is 2. The Morgan fingerprint density at radius 2 is 1.83 bits per heavy atom. The molecule has 0 aliphatic rings. The Labute approximate surface area is 174 Å². The van der Waals surface area contributed by atoms with Gasteiger partial charge in [-0.2, -0.15) is 4.98 Å². The molecular weight excluding hydrogens is 366 g/mol. The van der Waals surface area contributed by atoms with Crippen molar-refractivity contribution in [3.05, 3.63) is 36.0 Å². The third-order valence-corrected chi connectivity index (χ3v) is 4.46. The highest BCUT2D eigenvalue weighted by Crippen LogP contribution is 2.26. The quantitative estimate of drug-likeness (QED) is 0.603. The summed E-state index contributed by atoms with van der Waals surface area (Å²) in [5, 5.41) is 2.82. The Hall–Kier alpha value is -2.83. The van der Waals surface area contributed by atoms with E-state index < -0.39 is 0 Å². The zero-order valence-electron chi connectivity index (χ0n) is 18.2. The standard InChI is InChI=1S/C22H33N5O2/c1-6-8-13-27(14-9-7-2)21-23-16-17(3)20(25-21)29-19-12-10-11-18(15-19)24-22(28)26(4)5/h10-12,15-16H,6-9,13-14H2,1-5H3,(H,24,28). The van der Waals surface area contributed by atoms with Gasteiger partial charge in [0.15, 0.2) is 0 Å². The van der Waals surface area contributed by atoms with Crippen LogP contribution in [0, 0.1) is 6.92 Å². The predicted molar refractivity (Wildman–Crippen MR) is 118 cm³/mol. The fourth-order valence-electron chi connectivity index (χ4n) is 2.67. The second kappa shape index (κ2) is 11.2. The van der Waals surface area contributed by atoms with Gasteiger partial charge in [0.2, 0.25) is 11.8 Å². The van der Waals surface area contributed by atoms with E-state index in [-0.39, 0.29) is 6.03 Å². The normalized spacial score (nSPS) is 10.5. The van der Waals surface area contributed by atoms with Crippen molar-refractivity contribution in [2.45, 2.75) is 46.5 Å². The Bertz CT molecular complexity index is 787. The largest absolute Gasteiger partial charge is 0.438 e. The van der Waals surface area contributed by atoms with Crippen LogP contribution in [0.15, 0.2) is 30.5 Å². The van der Waals surface area contributed by atoms with Crippen LogP contribution >= 0.6 is 0 Å². The molecule has 0 aliphatic carbocycles. The first-order valence-corrected chi connectivity index (χ1v) is 10.3. The van der Waals surface area contributed by atoms with Crippen molar-refractivity contribution in [3.63, 3.8) is 0 Å². The summed E-state index contributed by atoms with van der Waals surface area (Å²) in [6.07, 6.45) is 6.27. The van der Waals surface area contributed by atoms with Crippen molar-refractivity contribution in [1.82, 2.24) is 14.9 Å². The van der Waals surface area contributed by atoms with Crippen LogP contribution in [0.2, 0.25) is 0 Å². The van der Waals surface area contributed by atoms with Crippen molar-refractivity contribution in [3.8, 4) is 11.6 Å². The van der Waals surface area contributed by atoms with Crippen molar-refractivity contribution < 1.29 is 9.53 Å². The van der Waals surface area contributed by atoms with Gasteiger partial charge in [-0.15, -0.1) is 0 Å². The number of urea groups is 1. The summed E-state index contributed by atoms with van der Waals surface area (Å²) in [6.45, 7) is 8.17. The van der Waals surface area contributed by atoms with Gasteiger partial charge >= 0.3 is 6.03 Å². The second-order valence-electron chi connectivity index (χ2n) is 7.31. The smallest absolute Gasteiger partial charge is 0.321 e. The van der Waals surface area contributed by atoms with E-state index in [9.17, 15) is 4.79 Å². The van der Waals surface area contributed by atoms with Gasteiger partial charge in [0.1, 0.15) is 5.75 Å². The third kappa shape index (κ3) is 6.93. The number of aryl methyl sites for hydroxylation is 1. The fraction of sp³-hybridized carbons (Fsp3) is 0.500. The van der Waals surface area contributed by atoms with Crippen LogP contribution in [-0.4, -0.2) is 48.1 Å². The Kier molecular flexibility index (Phi) is 8.70. The molecule has 1 aromatic carbocycles. The SMILES string of the molecule is CCCCN(CCCC)c1ncc(C)c(Oc2cccc(NC(=O)N(C)C)c2)n1. The number of carbonyl (C=O) groups excluding carboxylic acids is 1. The van der Waals surface area contributed by atoms with Crippen LogP contribution in [0.1, 0.15) is 45.1 Å². The minimum absolute atomic E-state index is 0.190. The van der Waals surface area contributed by atoms with Gasteiger partial charge in [-0.3, -0.25) is 0 Å². The summed E-state index contributed by atoms with van der Waals surface area (Å²) in [4.78, 5) is 24.8. The summed E-state index contributed by atoms with van der Waals surface area (Å²) in [7, 11) is 3.40. The summed E-state index contributed by atoms with van der Waals surface area (Å²) in [5.41, 5.74) is 1.53. The Morgan fingerprint density at radius 3 is 2.45 bits per heavy atom. The van der Waals surface area contributed by atoms with Gasteiger partial charge in [0, 0.05) is 50.7 Å². The van der Waals surface area contributed by atoms with E-state index in [1.54, 1.807) is 26.4 Å². The Balaban J connectivity index is 2.20. The van der Waals surface area contributed by atoms with Crippen LogP contribution in [0.4, 0.5) is 16.4 Å². The molecule has 7 nitrogen and oxygen atoms in total. The van der Waals surface area contributed by atoms with E-state index in [2.05, 4.69) is 34.0 Å². The molecule has 2 rings (SSSR count). The lowest BCUT2D eigenvalue weighted by Crippen LogP contribution is -2.27. The molecule has 0 radical (unpaired) electrons. The maximum atomic E-state index is 11.9. The molecule has 0 unspecified atom stereocenters. The number of nitrogens with one attached hydrogen (secondary N) is 1. The molecular formula is C22H33N5O2. The number of hydrogen-bond acceptors (Lipinski definition) is 5. The van der Waals surface area contributed by atoms with Crippen molar-refractivity contribution in [2.24, 2.45) is 0 Å². The predicted octanol–water partition coefficient (Wildman–Crippen LogP) is 5.08. The molecule has 0 saturated carbocycles. The van der Waals surface area contributed by atoms with Gasteiger partial charge in [-0.1, -0.05) is 32.8 Å². The summed E-state index contributed by atoms with van der Waals surface area (Å²) in [5.74, 6) is 1.84. The number of carbonyl (C=O) groups is 1. The van der Waals surface area contributed by atoms with E-state index in [1.165, 1.54) is 4.90 Å². The molecule has 0 aliphatic heterocycles. The highest BCUT2D eigenvalue weighted by molar-refractivity contribution is 5.89. The van der Waals surface area contributed by atoms with Gasteiger partial charge < -0.3 is 19.9 Å². The van der Waals surface area contributed by atoms with Gasteiger partial charge in [-0.05, 0) is 31.9 Å². The number of rotatable bonds is 10. The molecule has 158 valence electrons. The van der Waals surface area contributed by atoms with Crippen LogP contribution in [0.5, 0.6) is 11.6 Å². The minimum atomic E-state index is -0.190. The van der Waals surface area contributed by atoms with E-state index >= 15 is 0 Å². The first-order chi connectivity index (χ1) is 13.9. The van der Waals surface area contributed by atoms with Crippen molar-refractivity contribution in [2.75, 3.05) is 37.4 Å². The van der Waals surface area contributed by atoms with Gasteiger partial charge in [0.05, 0.1) is 0 Å². The third-order valence-electron chi connectivity index (χ3n) is 4.46. The second-order valence-corrected chi connectivity index (χ2v) is 7.31. The first kappa shape index (κ1) is 22.5. The Morgan fingerprint density at radius 1 is 1.14 bits per heavy atom. The molecule has 0 fully saturated rings. The van der Waals surface area contributed by atoms with Gasteiger partial charge in [0.25, 0.3) is 0 Å². The molecule has 0 saturated heterocycles. The number of anilines is 2. The van der Waals surface area contributed by atoms with E-state index in [1.807, 2.05) is 25.1 Å². The molecule has 2 aromatic rings. The number of aromatic nitrogens is 2. The first-order valence-electron chi connectivity index (χ1n) is 10.3. The summed E-state index contributed by atoms with van der Waals surface area (Å²) < 4.78 is 6.05. The van der Waals surface area contributed by atoms with Crippen molar-refractivity contribution in [1.29, 1.82) is 0 Å². The van der Waals surface area contributed by atoms with E-state index in [0.29, 0.717) is 23.3 Å². The summed E-state index contributed by atoms with van der Waals surface area (Å²) >= 11 is 0. The number of benzene rings is 1. The van der Waals surface area contributed by atoms with Crippen LogP contribution < -0.4 is 15.0 Å². The maximum absolute atomic E-state index is 11.9. The maximum Gasteiger partial charge on any atom is 0.321 e. The monoisotopic (exact) mass is 399 g/mol. The highest BCUT2D eigenvalue weighted by Gasteiger charge is 2.13. The molecule has 1 N–H and O–H groups in total. The van der Waals surface area contributed by atoms with E-state index in [4.69, 9.17) is 4.74 Å². The zero-order valence-corrected chi connectivity index (χ0v) is 18.2. The number of ether oxygens (including phenoxy) is 1. The van der Waals surface area contributed by atoms with Gasteiger partial charge in [-0.25, -0.2) is 9.78 Å². The summed E-state index contributed by atoms with van der Waals surface area (Å²) in [6, 6.07) is 7.11. The molecule has 2 amide bonds. The van der Waals surface area contributed by atoms with Crippen LogP contribution in [0.25, 0.3) is 0 Å². The molecule has 1 aromatic heterocycles. The lowest BCUT2D eigenvalue weighted by Gasteiger charge is -2.23. The van der Waals surface area contributed by atoms with Crippen LogP contribution in [-0.2, 0) is 0 Å². The van der Waals surface area contributed by atoms with E-state index in [0.717, 1.165) is 44.3 Å². The van der Waals surface area contributed by atoms with Crippen LogP contribution in [0.3, 0.4) is 0 Å². The zero-order chi connectivity index (χ0) is 21.2. The average molecular weight is 400 g/mol. The van der Waals surface area contributed by atoms with Crippen molar-refractivity contribution >= 4 is 17.7 Å².